The predicted octanol–water partition coefficient (Wildman–Crippen LogP) is 2.57. The number of thiophene rings is 1. The third-order valence-electron chi connectivity index (χ3n) is 3.29. The molecule has 0 bridgehead atoms. The summed E-state index contributed by atoms with van der Waals surface area (Å²) in [4.78, 5) is 26.0. The van der Waals surface area contributed by atoms with Crippen LogP contribution in [-0.4, -0.2) is 31.9 Å². The summed E-state index contributed by atoms with van der Waals surface area (Å²) >= 11 is 7.19. The lowest BCUT2D eigenvalue weighted by Crippen LogP contribution is -2.18. The first-order valence-corrected chi connectivity index (χ1v) is 8.61. The molecule has 0 aliphatic heterocycles. The maximum atomic E-state index is 12.3. The number of amides is 1. The highest BCUT2D eigenvalue weighted by Crippen LogP contribution is 2.19. The fourth-order valence-electron chi connectivity index (χ4n) is 2.07. The van der Waals surface area contributed by atoms with E-state index < -0.39 is 0 Å². The molecule has 3 aromatic rings. The summed E-state index contributed by atoms with van der Waals surface area (Å²) in [6.45, 7) is 1.87. The van der Waals surface area contributed by atoms with Gasteiger partial charge in [-0.3, -0.25) is 9.59 Å². The fourth-order valence-corrected chi connectivity index (χ4v) is 3.07. The number of tetrazole rings is 1. The molecule has 1 N–H and O–H groups in total. The van der Waals surface area contributed by atoms with Crippen molar-refractivity contribution in [1.29, 1.82) is 0 Å². The average Bonchev–Trinajstić information content (AvgIpc) is 3.23. The van der Waals surface area contributed by atoms with Crippen molar-refractivity contribution >= 4 is 34.6 Å². The number of rotatable bonds is 6. The summed E-state index contributed by atoms with van der Waals surface area (Å²) in [7, 11) is 0. The molecule has 1 aromatic carbocycles. The Balaban J connectivity index is 1.65. The molecule has 0 spiro atoms. The third-order valence-corrected chi connectivity index (χ3v) is 4.67. The van der Waals surface area contributed by atoms with Gasteiger partial charge in [-0.1, -0.05) is 11.6 Å². The van der Waals surface area contributed by atoms with Crippen molar-refractivity contribution in [3.63, 3.8) is 0 Å². The van der Waals surface area contributed by atoms with E-state index in [0.717, 1.165) is 10.4 Å². The topological polar surface area (TPSA) is 89.8 Å². The van der Waals surface area contributed by atoms with Gasteiger partial charge in [-0.05, 0) is 41.6 Å². The molecule has 2 aromatic heterocycles. The van der Waals surface area contributed by atoms with Crippen LogP contribution in [0, 0.1) is 0 Å². The van der Waals surface area contributed by atoms with E-state index >= 15 is 0 Å². The lowest BCUT2D eigenvalue weighted by atomic mass is 10.2. The highest BCUT2D eigenvalue weighted by molar-refractivity contribution is 7.14. The lowest BCUT2D eigenvalue weighted by Gasteiger charge is -1.98. The van der Waals surface area contributed by atoms with Crippen LogP contribution >= 0.6 is 22.9 Å². The molecule has 7 nitrogen and oxygen atoms in total. The van der Waals surface area contributed by atoms with Crippen molar-refractivity contribution in [3.05, 3.63) is 51.2 Å². The number of nitrogens with zero attached hydrogens (tertiary/aromatic N) is 4. The molecule has 0 saturated carbocycles. The number of aromatic nitrogens is 4. The van der Waals surface area contributed by atoms with Gasteiger partial charge in [0.1, 0.15) is 6.54 Å². The lowest BCUT2D eigenvalue weighted by molar-refractivity contribution is -0.119. The SMILES string of the molecule is CC(=O)NCc1ccc(C(=O)Cn2nnc(-c3ccc(Cl)cc3)n2)s1. The van der Waals surface area contributed by atoms with Gasteiger partial charge in [0.15, 0.2) is 5.78 Å². The van der Waals surface area contributed by atoms with Crippen molar-refractivity contribution in [2.45, 2.75) is 20.0 Å². The van der Waals surface area contributed by atoms with E-state index in [2.05, 4.69) is 20.7 Å². The molecule has 0 radical (unpaired) electrons. The Hall–Kier alpha value is -2.58. The quantitative estimate of drug-likeness (QED) is 0.669. The molecule has 0 unspecified atom stereocenters. The number of benzene rings is 1. The minimum atomic E-state index is -0.112. The number of nitrogens with one attached hydrogen (secondary N) is 1. The van der Waals surface area contributed by atoms with Gasteiger partial charge in [0.2, 0.25) is 11.7 Å². The van der Waals surface area contributed by atoms with Crippen LogP contribution in [0.25, 0.3) is 11.4 Å². The van der Waals surface area contributed by atoms with Crippen LogP contribution < -0.4 is 5.32 Å². The first-order chi connectivity index (χ1) is 12.0. The Labute approximate surface area is 152 Å². The van der Waals surface area contributed by atoms with Crippen molar-refractivity contribution < 1.29 is 9.59 Å². The van der Waals surface area contributed by atoms with Gasteiger partial charge in [-0.25, -0.2) is 0 Å². The zero-order valence-electron chi connectivity index (χ0n) is 13.3. The summed E-state index contributed by atoms with van der Waals surface area (Å²) < 4.78 is 0. The maximum absolute atomic E-state index is 12.3. The number of carbonyl (C=O) groups is 2. The van der Waals surface area contributed by atoms with Crippen molar-refractivity contribution in [1.82, 2.24) is 25.5 Å². The van der Waals surface area contributed by atoms with Gasteiger partial charge >= 0.3 is 0 Å². The van der Waals surface area contributed by atoms with E-state index in [0.29, 0.717) is 22.3 Å². The molecule has 0 aliphatic carbocycles. The molecular weight excluding hydrogens is 362 g/mol. The number of carbonyl (C=O) groups excluding carboxylic acids is 2. The number of hydrogen-bond donors (Lipinski definition) is 1. The molecule has 2 heterocycles. The Bertz CT molecular complexity index is 903. The van der Waals surface area contributed by atoms with Crippen LogP contribution in [0.5, 0.6) is 0 Å². The van der Waals surface area contributed by atoms with E-state index in [9.17, 15) is 9.59 Å². The standard InChI is InChI=1S/C16H14ClN5O2S/c1-10(23)18-8-13-6-7-15(25-13)14(24)9-22-20-16(19-21-22)11-2-4-12(17)5-3-11/h2-7H,8-9H2,1H3,(H,18,23). The van der Waals surface area contributed by atoms with E-state index in [-0.39, 0.29) is 18.2 Å². The molecule has 9 heteroatoms. The largest absolute Gasteiger partial charge is 0.351 e. The Kier molecular flexibility index (Phi) is 5.20. The van der Waals surface area contributed by atoms with Crippen molar-refractivity contribution in [2.24, 2.45) is 0 Å². The fraction of sp³-hybridized carbons (Fsp3) is 0.188. The summed E-state index contributed by atoms with van der Waals surface area (Å²) in [5.74, 6) is 0.212. The second-order valence-corrected chi connectivity index (χ2v) is 6.85. The van der Waals surface area contributed by atoms with Gasteiger partial charge in [0.05, 0.1) is 11.4 Å². The first-order valence-electron chi connectivity index (χ1n) is 7.41. The number of ketones is 1. The Morgan fingerprint density at radius 2 is 1.96 bits per heavy atom. The summed E-state index contributed by atoms with van der Waals surface area (Å²) in [6, 6.07) is 10.6. The molecular formula is C16H14ClN5O2S. The van der Waals surface area contributed by atoms with Crippen LogP contribution in [0.3, 0.4) is 0 Å². The minimum Gasteiger partial charge on any atom is -0.351 e. The van der Waals surface area contributed by atoms with E-state index in [4.69, 9.17) is 11.6 Å². The van der Waals surface area contributed by atoms with Crippen LogP contribution in [0.2, 0.25) is 5.02 Å². The van der Waals surface area contributed by atoms with Crippen LogP contribution in [0.15, 0.2) is 36.4 Å². The number of halogens is 1. The second kappa shape index (κ2) is 7.54. The smallest absolute Gasteiger partial charge is 0.217 e. The normalized spacial score (nSPS) is 10.6. The Morgan fingerprint density at radius 1 is 1.20 bits per heavy atom. The molecule has 0 saturated heterocycles. The van der Waals surface area contributed by atoms with Crippen LogP contribution in [0.4, 0.5) is 0 Å². The molecule has 3 rings (SSSR count). The van der Waals surface area contributed by atoms with Gasteiger partial charge in [-0.15, -0.1) is 21.5 Å². The summed E-state index contributed by atoms with van der Waals surface area (Å²) in [5.41, 5.74) is 0.775. The third kappa shape index (κ3) is 4.49. The summed E-state index contributed by atoms with van der Waals surface area (Å²) in [5, 5.41) is 15.4. The molecule has 0 fully saturated rings. The number of Topliss-reactive ketones (excluding diaryl/α,β-unsaturated/α-hetero) is 1. The molecule has 25 heavy (non-hydrogen) atoms. The van der Waals surface area contributed by atoms with E-state index in [1.807, 2.05) is 6.07 Å². The monoisotopic (exact) mass is 375 g/mol. The van der Waals surface area contributed by atoms with Crippen LogP contribution in [0.1, 0.15) is 21.5 Å². The van der Waals surface area contributed by atoms with Gasteiger partial charge in [0.25, 0.3) is 0 Å². The molecule has 0 aliphatic rings. The first kappa shape index (κ1) is 17.2. The maximum Gasteiger partial charge on any atom is 0.217 e. The van der Waals surface area contributed by atoms with E-state index in [1.54, 1.807) is 30.3 Å². The number of hydrogen-bond acceptors (Lipinski definition) is 6. The highest BCUT2D eigenvalue weighted by atomic mass is 35.5. The van der Waals surface area contributed by atoms with Gasteiger partial charge in [-0.2, -0.15) is 4.80 Å². The molecule has 1 amide bonds. The highest BCUT2D eigenvalue weighted by Gasteiger charge is 2.13. The molecule has 0 atom stereocenters. The van der Waals surface area contributed by atoms with Crippen molar-refractivity contribution in [3.8, 4) is 11.4 Å². The van der Waals surface area contributed by atoms with E-state index in [1.165, 1.54) is 23.1 Å². The molecule has 128 valence electrons. The van der Waals surface area contributed by atoms with Crippen LogP contribution in [-0.2, 0) is 17.9 Å². The average molecular weight is 376 g/mol. The van der Waals surface area contributed by atoms with Gasteiger partial charge < -0.3 is 5.32 Å². The second-order valence-electron chi connectivity index (χ2n) is 5.25. The minimum absolute atomic E-state index is 0.000675. The van der Waals surface area contributed by atoms with Crippen molar-refractivity contribution in [2.75, 3.05) is 0 Å². The predicted molar refractivity (Wildman–Crippen MR) is 94.4 cm³/mol. The zero-order valence-corrected chi connectivity index (χ0v) is 14.8. The zero-order chi connectivity index (χ0) is 17.8. The Morgan fingerprint density at radius 3 is 2.68 bits per heavy atom. The summed E-state index contributed by atoms with van der Waals surface area (Å²) in [6.07, 6.45) is 0. The van der Waals surface area contributed by atoms with Gasteiger partial charge in [0, 0.05) is 22.4 Å².